The fourth-order valence-corrected chi connectivity index (χ4v) is 2.58. The number of rotatable bonds is 5. The molecule has 1 aliphatic heterocycles. The Hall–Kier alpha value is -2.34. The van der Waals surface area contributed by atoms with E-state index in [0.717, 1.165) is 11.4 Å². The molecule has 1 atom stereocenters. The van der Waals surface area contributed by atoms with Crippen LogP contribution in [-0.2, 0) is 11.2 Å². The molecule has 3 rings (SSSR count). The number of hydrogen-bond acceptors (Lipinski definition) is 4. The van der Waals surface area contributed by atoms with Gasteiger partial charge in [0.25, 0.3) is 0 Å². The summed E-state index contributed by atoms with van der Waals surface area (Å²) in [4.78, 5) is 20.7. The molecule has 22 heavy (non-hydrogen) atoms. The fraction of sp³-hybridized carbons (Fsp3) is 0.375. The maximum Gasteiger partial charge on any atom is 0.228 e. The van der Waals surface area contributed by atoms with Gasteiger partial charge in [0.2, 0.25) is 5.91 Å². The van der Waals surface area contributed by atoms with Crippen LogP contribution < -0.4 is 4.74 Å². The summed E-state index contributed by atoms with van der Waals surface area (Å²) in [7, 11) is 0. The first-order valence-corrected chi connectivity index (χ1v) is 7.30. The van der Waals surface area contributed by atoms with E-state index in [4.69, 9.17) is 4.74 Å². The van der Waals surface area contributed by atoms with Crippen molar-refractivity contribution in [1.82, 2.24) is 14.9 Å². The van der Waals surface area contributed by atoms with Gasteiger partial charge < -0.3 is 19.7 Å². The van der Waals surface area contributed by atoms with Gasteiger partial charge in [-0.2, -0.15) is 0 Å². The van der Waals surface area contributed by atoms with Crippen LogP contribution in [0.1, 0.15) is 12.1 Å². The molecule has 0 spiro atoms. The molecule has 2 N–H and O–H groups in total. The third-order valence-corrected chi connectivity index (χ3v) is 3.83. The second-order valence-electron chi connectivity index (χ2n) is 5.64. The van der Waals surface area contributed by atoms with Crippen LogP contribution in [0.5, 0.6) is 5.75 Å². The first kappa shape index (κ1) is 14.6. The van der Waals surface area contributed by atoms with Crippen molar-refractivity contribution < 1.29 is 14.6 Å². The first-order valence-electron chi connectivity index (χ1n) is 7.30. The second-order valence-corrected chi connectivity index (χ2v) is 5.64. The Morgan fingerprint density at radius 2 is 2.23 bits per heavy atom. The molecule has 6 heteroatoms. The minimum Gasteiger partial charge on any atom is -0.491 e. The van der Waals surface area contributed by atoms with Crippen molar-refractivity contribution in [3.05, 3.63) is 48.5 Å². The average molecular weight is 301 g/mol. The first-order chi connectivity index (χ1) is 10.6. The van der Waals surface area contributed by atoms with Crippen LogP contribution in [0.15, 0.2) is 42.9 Å². The van der Waals surface area contributed by atoms with Gasteiger partial charge in [0.05, 0.1) is 19.3 Å². The number of likely N-dealkylation sites (tertiary alicyclic amines) is 1. The summed E-state index contributed by atoms with van der Waals surface area (Å²) < 4.78 is 5.62. The van der Waals surface area contributed by atoms with Crippen molar-refractivity contribution in [3.63, 3.8) is 0 Å². The zero-order chi connectivity index (χ0) is 15.4. The number of aromatic nitrogens is 2. The van der Waals surface area contributed by atoms with Crippen molar-refractivity contribution in [2.45, 2.75) is 18.4 Å². The lowest BCUT2D eigenvalue weighted by molar-refractivity contribution is -0.130. The fourth-order valence-electron chi connectivity index (χ4n) is 2.58. The zero-order valence-electron chi connectivity index (χ0n) is 12.2. The van der Waals surface area contributed by atoms with Gasteiger partial charge in [-0.25, -0.2) is 4.98 Å². The van der Waals surface area contributed by atoms with Gasteiger partial charge in [0.15, 0.2) is 0 Å². The van der Waals surface area contributed by atoms with E-state index in [-0.39, 0.29) is 18.9 Å². The summed E-state index contributed by atoms with van der Waals surface area (Å²) in [5.74, 6) is 0.707. The monoisotopic (exact) mass is 301 g/mol. The lowest BCUT2D eigenvalue weighted by Gasteiger charge is -2.23. The molecular weight excluding hydrogens is 282 g/mol. The third-order valence-electron chi connectivity index (χ3n) is 3.83. The zero-order valence-corrected chi connectivity index (χ0v) is 12.2. The number of para-hydroxylation sites is 1. The Labute approximate surface area is 128 Å². The van der Waals surface area contributed by atoms with Crippen LogP contribution in [0.2, 0.25) is 0 Å². The maximum absolute atomic E-state index is 12.2. The van der Waals surface area contributed by atoms with E-state index in [2.05, 4.69) is 9.97 Å². The molecule has 0 unspecified atom stereocenters. The number of carbonyl (C=O) groups is 1. The number of nitrogens with zero attached hydrogens (tertiary/aromatic N) is 2. The van der Waals surface area contributed by atoms with Crippen LogP contribution in [-0.4, -0.2) is 51.2 Å². The predicted molar refractivity (Wildman–Crippen MR) is 80.4 cm³/mol. The van der Waals surface area contributed by atoms with Crippen LogP contribution in [0, 0.1) is 0 Å². The van der Waals surface area contributed by atoms with Gasteiger partial charge in [-0.1, -0.05) is 18.2 Å². The summed E-state index contributed by atoms with van der Waals surface area (Å²) in [5.41, 5.74) is -0.208. The predicted octanol–water partition coefficient (Wildman–Crippen LogP) is 0.995. The quantitative estimate of drug-likeness (QED) is 0.863. The number of ether oxygens (including phenoxy) is 1. The maximum atomic E-state index is 12.2. The number of nitrogens with one attached hydrogen (secondary N) is 1. The molecule has 1 aromatic heterocycles. The lowest BCUT2D eigenvalue weighted by Crippen LogP contribution is -2.41. The van der Waals surface area contributed by atoms with Gasteiger partial charge >= 0.3 is 0 Å². The van der Waals surface area contributed by atoms with Crippen molar-refractivity contribution in [2.24, 2.45) is 0 Å². The second kappa shape index (κ2) is 6.19. The SMILES string of the molecule is O=C(Cc1cnc[nH]1)N1CC[C@](O)(COc2ccccc2)C1. The molecule has 6 nitrogen and oxygen atoms in total. The largest absolute Gasteiger partial charge is 0.491 e. The Kier molecular flexibility index (Phi) is 4.11. The summed E-state index contributed by atoms with van der Waals surface area (Å²) in [6.07, 6.45) is 3.99. The number of aliphatic hydroxyl groups is 1. The molecule has 0 radical (unpaired) electrons. The van der Waals surface area contributed by atoms with E-state index in [9.17, 15) is 9.90 Å². The highest BCUT2D eigenvalue weighted by molar-refractivity contribution is 5.78. The van der Waals surface area contributed by atoms with Crippen LogP contribution >= 0.6 is 0 Å². The van der Waals surface area contributed by atoms with Gasteiger partial charge in [-0.3, -0.25) is 4.79 Å². The van der Waals surface area contributed by atoms with Crippen molar-refractivity contribution in [3.8, 4) is 5.75 Å². The molecule has 1 amide bonds. The molecule has 0 saturated carbocycles. The van der Waals surface area contributed by atoms with E-state index >= 15 is 0 Å². The summed E-state index contributed by atoms with van der Waals surface area (Å²) in [5, 5.41) is 10.6. The Morgan fingerprint density at radius 3 is 2.95 bits per heavy atom. The average Bonchev–Trinajstić information content (AvgIpc) is 3.17. The molecule has 1 saturated heterocycles. The number of imidazole rings is 1. The summed E-state index contributed by atoms with van der Waals surface area (Å²) in [6.45, 7) is 1.03. The standard InChI is InChI=1S/C16H19N3O3/c20-15(8-13-9-17-12-18-13)19-7-6-16(21,10-19)11-22-14-4-2-1-3-5-14/h1-5,9,12,21H,6-8,10-11H2,(H,17,18)/t16-/m1/s1. The third kappa shape index (κ3) is 3.46. The Balaban J connectivity index is 1.53. The van der Waals surface area contributed by atoms with Gasteiger partial charge in [0.1, 0.15) is 18.0 Å². The van der Waals surface area contributed by atoms with Crippen LogP contribution in [0.4, 0.5) is 0 Å². The minimum atomic E-state index is -0.987. The smallest absolute Gasteiger partial charge is 0.228 e. The van der Waals surface area contributed by atoms with Crippen molar-refractivity contribution >= 4 is 5.91 Å². The highest BCUT2D eigenvalue weighted by atomic mass is 16.5. The molecular formula is C16H19N3O3. The number of benzene rings is 1. The lowest BCUT2D eigenvalue weighted by atomic mass is 10.1. The molecule has 0 aliphatic carbocycles. The molecule has 2 aromatic rings. The molecule has 0 bridgehead atoms. The summed E-state index contributed by atoms with van der Waals surface area (Å²) in [6, 6.07) is 9.37. The highest BCUT2D eigenvalue weighted by Crippen LogP contribution is 2.23. The van der Waals surface area contributed by atoms with Crippen molar-refractivity contribution in [1.29, 1.82) is 0 Å². The van der Waals surface area contributed by atoms with Gasteiger partial charge in [-0.05, 0) is 18.6 Å². The van der Waals surface area contributed by atoms with Crippen LogP contribution in [0.3, 0.4) is 0 Å². The normalized spacial score (nSPS) is 21.0. The number of β-amino-alcohol motifs (C(OH)–C–C–N with tert-alkyl or cyclic N) is 1. The molecule has 2 heterocycles. The molecule has 116 valence electrons. The van der Waals surface area contributed by atoms with E-state index < -0.39 is 5.60 Å². The van der Waals surface area contributed by atoms with Crippen molar-refractivity contribution in [2.75, 3.05) is 19.7 Å². The minimum absolute atomic E-state index is 0.0140. The number of carbonyl (C=O) groups excluding carboxylic acids is 1. The number of H-pyrrole nitrogens is 1. The number of amides is 1. The molecule has 1 aliphatic rings. The van der Waals surface area contributed by atoms with Gasteiger partial charge in [-0.15, -0.1) is 0 Å². The highest BCUT2D eigenvalue weighted by Gasteiger charge is 2.38. The molecule has 1 aromatic carbocycles. The van der Waals surface area contributed by atoms with E-state index in [1.807, 2.05) is 30.3 Å². The van der Waals surface area contributed by atoms with Crippen LogP contribution in [0.25, 0.3) is 0 Å². The topological polar surface area (TPSA) is 78.5 Å². The summed E-state index contributed by atoms with van der Waals surface area (Å²) >= 11 is 0. The Bertz CT molecular complexity index is 615. The Morgan fingerprint density at radius 1 is 1.41 bits per heavy atom. The van der Waals surface area contributed by atoms with Gasteiger partial charge in [0, 0.05) is 18.4 Å². The molecule has 1 fully saturated rings. The number of aromatic amines is 1. The van der Waals surface area contributed by atoms with E-state index in [0.29, 0.717) is 19.5 Å². The van der Waals surface area contributed by atoms with E-state index in [1.165, 1.54) is 0 Å². The number of hydrogen-bond donors (Lipinski definition) is 2. The van der Waals surface area contributed by atoms with E-state index in [1.54, 1.807) is 17.4 Å².